The van der Waals surface area contributed by atoms with Crippen LogP contribution in [0.1, 0.15) is 19.4 Å². The third-order valence-corrected chi connectivity index (χ3v) is 4.42. The zero-order chi connectivity index (χ0) is 15.5. The lowest BCUT2D eigenvalue weighted by atomic mass is 10.1. The van der Waals surface area contributed by atoms with Crippen molar-refractivity contribution in [3.05, 3.63) is 29.8 Å². The van der Waals surface area contributed by atoms with Crippen LogP contribution in [-0.2, 0) is 9.53 Å². The summed E-state index contributed by atoms with van der Waals surface area (Å²) in [6.45, 7) is 6.91. The van der Waals surface area contributed by atoms with Crippen molar-refractivity contribution < 1.29 is 14.6 Å². The fourth-order valence-electron chi connectivity index (χ4n) is 2.45. The second-order valence-corrected chi connectivity index (χ2v) is 7.11. The maximum Gasteiger partial charge on any atom is 0.233 e. The number of carbonyl (C=O) groups excluding carboxylic acids is 1. The molecular weight excluding hydrogens is 286 g/mol. The SMILES string of the molecule is Cc1ccc(SCC(=O)N2CC(CO)OC(C)(C)C2)cc1. The van der Waals surface area contributed by atoms with Crippen LogP contribution in [0.4, 0.5) is 0 Å². The molecule has 1 amide bonds. The standard InChI is InChI=1S/C16H23NO3S/c1-12-4-6-14(7-5-12)21-10-15(19)17-8-13(9-18)20-16(2,3)11-17/h4-7,13,18H,8-11H2,1-3H3. The minimum Gasteiger partial charge on any atom is -0.394 e. The second-order valence-electron chi connectivity index (χ2n) is 6.06. The molecule has 0 spiro atoms. The smallest absolute Gasteiger partial charge is 0.233 e. The number of hydrogen-bond acceptors (Lipinski definition) is 4. The highest BCUT2D eigenvalue weighted by Gasteiger charge is 2.35. The molecule has 1 fully saturated rings. The van der Waals surface area contributed by atoms with E-state index in [0.717, 1.165) is 4.90 Å². The molecule has 1 aliphatic heterocycles. The van der Waals surface area contributed by atoms with Crippen molar-refractivity contribution in [1.82, 2.24) is 4.90 Å². The Kier molecular flexibility index (Phi) is 5.30. The zero-order valence-corrected chi connectivity index (χ0v) is 13.7. The topological polar surface area (TPSA) is 49.8 Å². The van der Waals surface area contributed by atoms with Gasteiger partial charge in [0.1, 0.15) is 0 Å². The predicted molar refractivity (Wildman–Crippen MR) is 84.5 cm³/mol. The van der Waals surface area contributed by atoms with Gasteiger partial charge in [0.25, 0.3) is 0 Å². The number of nitrogens with zero attached hydrogens (tertiary/aromatic N) is 1. The van der Waals surface area contributed by atoms with Gasteiger partial charge in [-0.2, -0.15) is 0 Å². The molecule has 1 aliphatic rings. The summed E-state index contributed by atoms with van der Waals surface area (Å²) in [5.74, 6) is 0.507. The van der Waals surface area contributed by atoms with Crippen LogP contribution in [-0.4, -0.2) is 53.1 Å². The van der Waals surface area contributed by atoms with E-state index >= 15 is 0 Å². The molecule has 0 saturated carbocycles. The van der Waals surface area contributed by atoms with E-state index in [-0.39, 0.29) is 18.6 Å². The third kappa shape index (κ3) is 4.73. The number of ether oxygens (including phenoxy) is 1. The van der Waals surface area contributed by atoms with Gasteiger partial charge < -0.3 is 14.7 Å². The first-order valence-corrected chi connectivity index (χ1v) is 8.14. The number of aliphatic hydroxyl groups excluding tert-OH is 1. The van der Waals surface area contributed by atoms with Gasteiger partial charge in [0.15, 0.2) is 0 Å². The van der Waals surface area contributed by atoms with Crippen molar-refractivity contribution in [2.75, 3.05) is 25.4 Å². The maximum atomic E-state index is 12.4. The molecule has 0 aliphatic carbocycles. The second kappa shape index (κ2) is 6.81. The third-order valence-electron chi connectivity index (χ3n) is 3.42. The van der Waals surface area contributed by atoms with Gasteiger partial charge in [-0.05, 0) is 32.9 Å². The first-order chi connectivity index (χ1) is 9.89. The van der Waals surface area contributed by atoms with Crippen molar-refractivity contribution >= 4 is 17.7 Å². The summed E-state index contributed by atoms with van der Waals surface area (Å²) in [6, 6.07) is 8.17. The highest BCUT2D eigenvalue weighted by Crippen LogP contribution is 2.23. The van der Waals surface area contributed by atoms with Crippen LogP contribution < -0.4 is 0 Å². The number of thioether (sulfide) groups is 1. The van der Waals surface area contributed by atoms with Gasteiger partial charge in [-0.3, -0.25) is 4.79 Å². The van der Waals surface area contributed by atoms with E-state index in [1.54, 1.807) is 16.7 Å². The van der Waals surface area contributed by atoms with Crippen molar-refractivity contribution in [3.8, 4) is 0 Å². The molecule has 1 atom stereocenters. The molecule has 4 nitrogen and oxygen atoms in total. The molecule has 1 aromatic rings. The number of benzene rings is 1. The minimum absolute atomic E-state index is 0.0572. The Morgan fingerprint density at radius 3 is 2.71 bits per heavy atom. The zero-order valence-electron chi connectivity index (χ0n) is 12.8. The Morgan fingerprint density at radius 2 is 2.10 bits per heavy atom. The predicted octanol–water partition coefficient (Wildman–Crippen LogP) is 2.09. The van der Waals surface area contributed by atoms with E-state index in [4.69, 9.17) is 4.74 Å². The van der Waals surface area contributed by atoms with Crippen molar-refractivity contribution in [1.29, 1.82) is 0 Å². The Morgan fingerprint density at radius 1 is 1.43 bits per heavy atom. The number of aliphatic hydroxyl groups is 1. The lowest BCUT2D eigenvalue weighted by molar-refractivity contribution is -0.165. The largest absolute Gasteiger partial charge is 0.394 e. The summed E-state index contributed by atoms with van der Waals surface area (Å²) in [5.41, 5.74) is 0.807. The number of morpholine rings is 1. The van der Waals surface area contributed by atoms with E-state index in [9.17, 15) is 9.90 Å². The van der Waals surface area contributed by atoms with Gasteiger partial charge in [0.05, 0.1) is 24.1 Å². The van der Waals surface area contributed by atoms with E-state index in [1.807, 2.05) is 45.0 Å². The van der Waals surface area contributed by atoms with Crippen molar-refractivity contribution in [2.24, 2.45) is 0 Å². The fourth-order valence-corrected chi connectivity index (χ4v) is 3.25. The van der Waals surface area contributed by atoms with Crippen LogP contribution >= 0.6 is 11.8 Å². The summed E-state index contributed by atoms with van der Waals surface area (Å²) < 4.78 is 5.73. The van der Waals surface area contributed by atoms with E-state index in [1.165, 1.54) is 5.56 Å². The van der Waals surface area contributed by atoms with E-state index in [0.29, 0.717) is 18.8 Å². The quantitative estimate of drug-likeness (QED) is 0.865. The van der Waals surface area contributed by atoms with Crippen molar-refractivity contribution in [2.45, 2.75) is 37.4 Å². The monoisotopic (exact) mass is 309 g/mol. The number of rotatable bonds is 4. The summed E-state index contributed by atoms with van der Waals surface area (Å²) >= 11 is 1.55. The molecule has 2 rings (SSSR count). The molecule has 5 heteroatoms. The van der Waals surface area contributed by atoms with Crippen molar-refractivity contribution in [3.63, 3.8) is 0 Å². The molecule has 1 N–H and O–H groups in total. The highest BCUT2D eigenvalue weighted by atomic mass is 32.2. The summed E-state index contributed by atoms with van der Waals surface area (Å²) in [5, 5.41) is 9.29. The number of carbonyl (C=O) groups is 1. The average molecular weight is 309 g/mol. The Hall–Kier alpha value is -1.04. The normalized spacial score (nSPS) is 21.3. The molecular formula is C16H23NO3S. The van der Waals surface area contributed by atoms with Gasteiger partial charge in [0.2, 0.25) is 5.91 Å². The lowest BCUT2D eigenvalue weighted by Crippen LogP contribution is -2.56. The summed E-state index contributed by atoms with van der Waals surface area (Å²) in [6.07, 6.45) is -0.290. The van der Waals surface area contributed by atoms with Crippen LogP contribution in [0.3, 0.4) is 0 Å². The first-order valence-electron chi connectivity index (χ1n) is 7.15. The Labute approximate surface area is 130 Å². The minimum atomic E-state index is -0.407. The molecule has 1 saturated heterocycles. The van der Waals surface area contributed by atoms with Gasteiger partial charge in [0, 0.05) is 18.0 Å². The molecule has 0 bridgehead atoms. The van der Waals surface area contributed by atoms with Gasteiger partial charge in [-0.15, -0.1) is 11.8 Å². The molecule has 21 heavy (non-hydrogen) atoms. The van der Waals surface area contributed by atoms with Crippen LogP contribution in [0.5, 0.6) is 0 Å². The summed E-state index contributed by atoms with van der Waals surface area (Å²) in [4.78, 5) is 15.3. The molecule has 1 heterocycles. The molecule has 0 aromatic heterocycles. The highest BCUT2D eigenvalue weighted by molar-refractivity contribution is 8.00. The fraction of sp³-hybridized carbons (Fsp3) is 0.562. The Bertz CT molecular complexity index is 487. The molecule has 1 unspecified atom stereocenters. The van der Waals surface area contributed by atoms with Crippen LogP contribution in [0.15, 0.2) is 29.2 Å². The lowest BCUT2D eigenvalue weighted by Gasteiger charge is -2.42. The number of aryl methyl sites for hydroxylation is 1. The van der Waals surface area contributed by atoms with Crippen LogP contribution in [0.25, 0.3) is 0 Å². The van der Waals surface area contributed by atoms with E-state index < -0.39 is 5.60 Å². The van der Waals surface area contributed by atoms with Crippen LogP contribution in [0.2, 0.25) is 0 Å². The maximum absolute atomic E-state index is 12.4. The first kappa shape index (κ1) is 16.3. The Balaban J connectivity index is 1.91. The van der Waals surface area contributed by atoms with E-state index in [2.05, 4.69) is 0 Å². The van der Waals surface area contributed by atoms with Gasteiger partial charge in [-0.1, -0.05) is 17.7 Å². The molecule has 1 aromatic carbocycles. The van der Waals surface area contributed by atoms with Gasteiger partial charge >= 0.3 is 0 Å². The average Bonchev–Trinajstić information content (AvgIpc) is 2.44. The number of amides is 1. The molecule has 116 valence electrons. The van der Waals surface area contributed by atoms with Gasteiger partial charge in [-0.25, -0.2) is 0 Å². The summed E-state index contributed by atoms with van der Waals surface area (Å²) in [7, 11) is 0. The van der Waals surface area contributed by atoms with Crippen LogP contribution in [0, 0.1) is 6.92 Å². The molecule has 0 radical (unpaired) electrons. The number of hydrogen-bond donors (Lipinski definition) is 1.